The van der Waals surface area contributed by atoms with E-state index in [1.54, 1.807) is 11.6 Å². The zero-order valence-electron chi connectivity index (χ0n) is 16.3. The molecule has 1 saturated heterocycles. The van der Waals surface area contributed by atoms with Crippen LogP contribution in [-0.2, 0) is 7.05 Å². The van der Waals surface area contributed by atoms with Gasteiger partial charge < -0.3 is 9.47 Å². The molecule has 3 aromatic carbocycles. The van der Waals surface area contributed by atoms with Gasteiger partial charge in [0, 0.05) is 25.0 Å². The Morgan fingerprint density at radius 2 is 1.66 bits per heavy atom. The zero-order chi connectivity index (χ0) is 20.0. The Morgan fingerprint density at radius 3 is 2.52 bits per heavy atom. The molecule has 0 aliphatic carbocycles. The molecule has 4 heteroatoms. The highest BCUT2D eigenvalue weighted by Crippen LogP contribution is 2.37. The summed E-state index contributed by atoms with van der Waals surface area (Å²) in [5.41, 5.74) is 2.30. The van der Waals surface area contributed by atoms with Gasteiger partial charge in [-0.2, -0.15) is 0 Å². The Hall–Kier alpha value is -3.40. The van der Waals surface area contributed by atoms with Gasteiger partial charge in [0.1, 0.15) is 0 Å². The van der Waals surface area contributed by atoms with Crippen molar-refractivity contribution in [3.63, 3.8) is 0 Å². The number of hydrogen-bond acceptors (Lipinski definition) is 2. The summed E-state index contributed by atoms with van der Waals surface area (Å²) < 4.78 is 1.60. The van der Waals surface area contributed by atoms with E-state index in [-0.39, 0.29) is 17.5 Å². The smallest absolute Gasteiger partial charge is 0.255 e. The first-order valence-electron chi connectivity index (χ1n) is 10.0. The number of carbonyl (C=O) groups excluding carboxylic acids is 1. The molecule has 1 fully saturated rings. The summed E-state index contributed by atoms with van der Waals surface area (Å²) in [7, 11) is 1.74. The predicted molar refractivity (Wildman–Crippen MR) is 116 cm³/mol. The van der Waals surface area contributed by atoms with E-state index in [4.69, 9.17) is 0 Å². The van der Waals surface area contributed by atoms with Crippen molar-refractivity contribution in [2.45, 2.75) is 18.9 Å². The molecule has 1 amide bonds. The van der Waals surface area contributed by atoms with Gasteiger partial charge in [0.25, 0.3) is 11.5 Å². The number of para-hydroxylation sites is 1. The number of carbonyl (C=O) groups is 1. The molecule has 29 heavy (non-hydrogen) atoms. The maximum Gasteiger partial charge on any atom is 0.255 e. The van der Waals surface area contributed by atoms with Crippen molar-refractivity contribution in [3.8, 4) is 0 Å². The lowest BCUT2D eigenvalue weighted by molar-refractivity contribution is 0.0738. The first-order valence-corrected chi connectivity index (χ1v) is 10.0. The molecule has 0 bridgehead atoms. The van der Waals surface area contributed by atoms with Crippen LogP contribution in [0, 0.1) is 0 Å². The van der Waals surface area contributed by atoms with E-state index in [0.717, 1.165) is 23.7 Å². The Labute approximate surface area is 169 Å². The maximum absolute atomic E-state index is 13.6. The summed E-state index contributed by atoms with van der Waals surface area (Å²) in [5, 5.41) is 3.19. The summed E-state index contributed by atoms with van der Waals surface area (Å²) in [4.78, 5) is 28.1. The molecule has 1 aliphatic rings. The van der Waals surface area contributed by atoms with Crippen molar-refractivity contribution in [3.05, 3.63) is 94.3 Å². The van der Waals surface area contributed by atoms with Crippen LogP contribution in [0.4, 0.5) is 0 Å². The largest absolute Gasteiger partial charge is 0.332 e. The molecule has 1 aliphatic heterocycles. The van der Waals surface area contributed by atoms with Gasteiger partial charge in [0.15, 0.2) is 0 Å². The summed E-state index contributed by atoms with van der Waals surface area (Å²) in [6, 6.07) is 23.7. The highest BCUT2D eigenvalue weighted by atomic mass is 16.2. The van der Waals surface area contributed by atoms with Crippen LogP contribution >= 0.6 is 0 Å². The molecule has 1 atom stereocenters. The number of benzene rings is 3. The van der Waals surface area contributed by atoms with Gasteiger partial charge >= 0.3 is 0 Å². The standard InChI is InChI=1S/C25H22N2O2/c1-26-22-13-5-4-11-20(22)21(16-24(26)28)25(29)27-15-7-14-23(27)19-12-6-9-17-8-2-3-10-18(17)19/h2-6,8-13,16,23H,7,14-15H2,1H3. The van der Waals surface area contributed by atoms with Crippen molar-refractivity contribution in [1.82, 2.24) is 9.47 Å². The van der Waals surface area contributed by atoms with E-state index < -0.39 is 0 Å². The molecule has 4 nitrogen and oxygen atoms in total. The highest BCUT2D eigenvalue weighted by molar-refractivity contribution is 6.06. The second kappa shape index (κ2) is 6.89. The van der Waals surface area contributed by atoms with Crippen molar-refractivity contribution in [2.75, 3.05) is 6.54 Å². The van der Waals surface area contributed by atoms with E-state index in [1.807, 2.05) is 41.3 Å². The van der Waals surface area contributed by atoms with Crippen LogP contribution in [0.15, 0.2) is 77.6 Å². The number of nitrogens with zero attached hydrogens (tertiary/aromatic N) is 2. The molecule has 1 aromatic heterocycles. The van der Waals surface area contributed by atoms with Gasteiger partial charge in [0.2, 0.25) is 0 Å². The summed E-state index contributed by atoms with van der Waals surface area (Å²) in [5.74, 6) is -0.0608. The summed E-state index contributed by atoms with van der Waals surface area (Å²) >= 11 is 0. The number of hydrogen-bond donors (Lipinski definition) is 0. The first kappa shape index (κ1) is 17.7. The first-order chi connectivity index (χ1) is 14.1. The normalized spacial score (nSPS) is 16.6. The van der Waals surface area contributed by atoms with Crippen LogP contribution < -0.4 is 5.56 Å². The predicted octanol–water partition coefficient (Wildman–Crippen LogP) is 4.67. The van der Waals surface area contributed by atoms with Crippen LogP contribution in [0.25, 0.3) is 21.7 Å². The van der Waals surface area contributed by atoms with Crippen molar-refractivity contribution < 1.29 is 4.79 Å². The van der Waals surface area contributed by atoms with Crippen LogP contribution in [0.2, 0.25) is 0 Å². The average molecular weight is 382 g/mol. The number of aromatic nitrogens is 1. The molecular weight excluding hydrogens is 360 g/mol. The van der Waals surface area contributed by atoms with E-state index in [0.29, 0.717) is 12.1 Å². The molecule has 0 saturated carbocycles. The van der Waals surface area contributed by atoms with E-state index in [2.05, 4.69) is 30.3 Å². The van der Waals surface area contributed by atoms with Crippen LogP contribution in [0.3, 0.4) is 0 Å². The number of aryl methyl sites for hydroxylation is 1. The fourth-order valence-corrected chi connectivity index (χ4v) is 4.62. The lowest BCUT2D eigenvalue weighted by Crippen LogP contribution is -2.32. The van der Waals surface area contributed by atoms with Gasteiger partial charge in [-0.25, -0.2) is 0 Å². The van der Waals surface area contributed by atoms with Gasteiger partial charge in [-0.05, 0) is 35.2 Å². The molecule has 4 aromatic rings. The van der Waals surface area contributed by atoms with Gasteiger partial charge in [0.05, 0.1) is 17.1 Å². The van der Waals surface area contributed by atoms with Gasteiger partial charge in [-0.15, -0.1) is 0 Å². The zero-order valence-corrected chi connectivity index (χ0v) is 16.3. The van der Waals surface area contributed by atoms with Crippen LogP contribution in [0.1, 0.15) is 34.8 Å². The minimum atomic E-state index is -0.159. The SMILES string of the molecule is Cn1c(=O)cc(C(=O)N2CCCC2c2cccc3ccccc23)c2ccccc21. The third-order valence-electron chi connectivity index (χ3n) is 6.08. The monoisotopic (exact) mass is 382 g/mol. The van der Waals surface area contributed by atoms with Gasteiger partial charge in [-0.1, -0.05) is 60.7 Å². The third-order valence-corrected chi connectivity index (χ3v) is 6.08. The van der Waals surface area contributed by atoms with E-state index in [1.165, 1.54) is 22.4 Å². The average Bonchev–Trinajstić information content (AvgIpc) is 3.25. The molecule has 1 unspecified atom stereocenters. The number of pyridine rings is 1. The molecular formula is C25H22N2O2. The second-order valence-electron chi connectivity index (χ2n) is 7.70. The molecule has 0 N–H and O–H groups in total. The highest BCUT2D eigenvalue weighted by Gasteiger charge is 2.32. The van der Waals surface area contributed by atoms with Crippen molar-refractivity contribution in [1.29, 1.82) is 0 Å². The summed E-state index contributed by atoms with van der Waals surface area (Å²) in [6.45, 7) is 0.705. The quantitative estimate of drug-likeness (QED) is 0.506. The number of rotatable bonds is 2. The lowest BCUT2D eigenvalue weighted by atomic mass is 9.96. The molecule has 2 heterocycles. The minimum Gasteiger partial charge on any atom is -0.332 e. The topological polar surface area (TPSA) is 42.3 Å². The number of fused-ring (bicyclic) bond motifs is 2. The Bertz CT molecular complexity index is 1300. The van der Waals surface area contributed by atoms with Gasteiger partial charge in [-0.3, -0.25) is 9.59 Å². The molecule has 0 radical (unpaired) electrons. The van der Waals surface area contributed by atoms with Crippen molar-refractivity contribution >= 4 is 27.6 Å². The molecule has 5 rings (SSSR count). The number of likely N-dealkylation sites (tertiary alicyclic amines) is 1. The van der Waals surface area contributed by atoms with Crippen LogP contribution in [-0.4, -0.2) is 21.9 Å². The lowest BCUT2D eigenvalue weighted by Gasteiger charge is -2.27. The van der Waals surface area contributed by atoms with Crippen LogP contribution in [0.5, 0.6) is 0 Å². The molecule has 144 valence electrons. The number of amides is 1. The van der Waals surface area contributed by atoms with E-state index >= 15 is 0 Å². The van der Waals surface area contributed by atoms with E-state index in [9.17, 15) is 9.59 Å². The second-order valence-corrected chi connectivity index (χ2v) is 7.70. The minimum absolute atomic E-state index is 0.0245. The molecule has 0 spiro atoms. The Kier molecular flexibility index (Phi) is 4.20. The third kappa shape index (κ3) is 2.83. The Morgan fingerprint density at radius 1 is 0.931 bits per heavy atom. The Balaban J connectivity index is 1.63. The summed E-state index contributed by atoms with van der Waals surface area (Å²) in [6.07, 6.45) is 1.89. The fraction of sp³-hybridized carbons (Fsp3) is 0.200. The maximum atomic E-state index is 13.6. The van der Waals surface area contributed by atoms with Crippen molar-refractivity contribution in [2.24, 2.45) is 7.05 Å². The fourth-order valence-electron chi connectivity index (χ4n) is 4.62.